The van der Waals surface area contributed by atoms with Crippen molar-refractivity contribution in [3.8, 4) is 17.1 Å². The van der Waals surface area contributed by atoms with Crippen LogP contribution in [0, 0.1) is 0 Å². The molecule has 2 N–H and O–H groups in total. The number of hydrogen-bond donors (Lipinski definition) is 1. The maximum absolute atomic E-state index is 12.2. The van der Waals surface area contributed by atoms with Gasteiger partial charge in [0.2, 0.25) is 5.88 Å². The summed E-state index contributed by atoms with van der Waals surface area (Å²) in [5, 5.41) is 4.09. The van der Waals surface area contributed by atoms with E-state index in [-0.39, 0.29) is 10.9 Å². The molecule has 0 aliphatic carbocycles. The number of ether oxygens (including phenoxy) is 1. The average Bonchev–Trinajstić information content (AvgIpc) is 2.58. The molecule has 1 aromatic heterocycles. The van der Waals surface area contributed by atoms with Crippen molar-refractivity contribution < 1.29 is 13.5 Å². The zero-order valence-corrected chi connectivity index (χ0v) is 10.2. The number of nitrogens with two attached hydrogens (primary N) is 1. The minimum absolute atomic E-state index is 0.0440. The number of aromatic nitrogens is 2. The minimum atomic E-state index is -2.95. The third-order valence-corrected chi connectivity index (χ3v) is 2.67. The summed E-state index contributed by atoms with van der Waals surface area (Å²) in [5.74, 6) is -0.168. The van der Waals surface area contributed by atoms with Crippen LogP contribution in [0.2, 0.25) is 5.02 Å². The highest BCUT2D eigenvalue weighted by Gasteiger charge is 2.19. The van der Waals surface area contributed by atoms with Gasteiger partial charge < -0.3 is 10.5 Å². The Morgan fingerprint density at radius 3 is 2.50 bits per heavy atom. The van der Waals surface area contributed by atoms with Gasteiger partial charge in [0.15, 0.2) is 0 Å². The standard InChI is InChI=1S/C11H10ClF2N3O/c1-17-10(18-11(13)14)8(12)9(16-17)6-2-4-7(15)5-3-6/h2-5,11H,15H2,1H3. The Morgan fingerprint density at radius 1 is 1.33 bits per heavy atom. The molecule has 2 rings (SSSR count). The highest BCUT2D eigenvalue weighted by atomic mass is 35.5. The maximum Gasteiger partial charge on any atom is 0.388 e. The van der Waals surface area contributed by atoms with Gasteiger partial charge in [0.25, 0.3) is 0 Å². The van der Waals surface area contributed by atoms with Gasteiger partial charge in [-0.1, -0.05) is 23.7 Å². The van der Waals surface area contributed by atoms with Crippen LogP contribution in [0.15, 0.2) is 24.3 Å². The molecule has 18 heavy (non-hydrogen) atoms. The molecule has 7 heteroatoms. The fourth-order valence-corrected chi connectivity index (χ4v) is 1.83. The van der Waals surface area contributed by atoms with E-state index in [4.69, 9.17) is 17.3 Å². The molecule has 0 saturated heterocycles. The van der Waals surface area contributed by atoms with Crippen molar-refractivity contribution in [3.63, 3.8) is 0 Å². The van der Waals surface area contributed by atoms with Crippen LogP contribution in [0.5, 0.6) is 5.88 Å². The molecule has 0 fully saturated rings. The van der Waals surface area contributed by atoms with E-state index < -0.39 is 6.61 Å². The van der Waals surface area contributed by atoms with Gasteiger partial charge in [-0.2, -0.15) is 13.9 Å². The zero-order valence-electron chi connectivity index (χ0n) is 9.40. The van der Waals surface area contributed by atoms with Gasteiger partial charge >= 0.3 is 6.61 Å². The Labute approximate surface area is 107 Å². The van der Waals surface area contributed by atoms with Crippen LogP contribution in [0.4, 0.5) is 14.5 Å². The van der Waals surface area contributed by atoms with Crippen LogP contribution < -0.4 is 10.5 Å². The molecule has 0 unspecified atom stereocenters. The quantitative estimate of drug-likeness (QED) is 0.875. The van der Waals surface area contributed by atoms with Gasteiger partial charge in [0.05, 0.1) is 0 Å². The van der Waals surface area contributed by atoms with Gasteiger partial charge in [0, 0.05) is 18.3 Å². The number of benzene rings is 1. The molecule has 0 saturated carbocycles. The Bertz CT molecular complexity index is 554. The molecular formula is C11H10ClF2N3O. The summed E-state index contributed by atoms with van der Waals surface area (Å²) in [6.07, 6.45) is 0. The monoisotopic (exact) mass is 273 g/mol. The van der Waals surface area contributed by atoms with Gasteiger partial charge in [0.1, 0.15) is 10.7 Å². The van der Waals surface area contributed by atoms with Crippen molar-refractivity contribution in [2.75, 3.05) is 5.73 Å². The van der Waals surface area contributed by atoms with Crippen molar-refractivity contribution in [1.29, 1.82) is 0 Å². The lowest BCUT2D eigenvalue weighted by Crippen LogP contribution is -2.06. The van der Waals surface area contributed by atoms with Gasteiger partial charge in [-0.05, 0) is 12.1 Å². The Balaban J connectivity index is 2.43. The van der Waals surface area contributed by atoms with E-state index in [0.29, 0.717) is 16.9 Å². The number of halogens is 3. The lowest BCUT2D eigenvalue weighted by molar-refractivity contribution is -0.0552. The number of aryl methyl sites for hydroxylation is 1. The summed E-state index contributed by atoms with van der Waals surface area (Å²) in [4.78, 5) is 0. The summed E-state index contributed by atoms with van der Waals surface area (Å²) < 4.78 is 29.9. The first-order chi connectivity index (χ1) is 8.49. The molecule has 0 bridgehead atoms. The van der Waals surface area contributed by atoms with Crippen LogP contribution in [-0.2, 0) is 7.05 Å². The summed E-state index contributed by atoms with van der Waals surface area (Å²) in [6, 6.07) is 6.76. The van der Waals surface area contributed by atoms with Crippen molar-refractivity contribution >= 4 is 17.3 Å². The van der Waals surface area contributed by atoms with E-state index in [1.807, 2.05) is 0 Å². The number of nitrogens with zero attached hydrogens (tertiary/aromatic N) is 2. The Morgan fingerprint density at radius 2 is 1.94 bits per heavy atom. The van der Waals surface area contributed by atoms with Crippen LogP contribution in [0.1, 0.15) is 0 Å². The first kappa shape index (κ1) is 12.6. The topological polar surface area (TPSA) is 53.1 Å². The third kappa shape index (κ3) is 2.38. The van der Waals surface area contributed by atoms with Crippen molar-refractivity contribution in [3.05, 3.63) is 29.3 Å². The highest BCUT2D eigenvalue weighted by molar-refractivity contribution is 6.34. The number of nitrogen functional groups attached to an aromatic ring is 1. The van der Waals surface area contributed by atoms with Gasteiger partial charge in [-0.3, -0.25) is 0 Å². The third-order valence-electron chi connectivity index (χ3n) is 2.32. The Hall–Kier alpha value is -1.82. The molecule has 2 aromatic rings. The van der Waals surface area contributed by atoms with E-state index in [0.717, 1.165) is 0 Å². The fourth-order valence-electron chi connectivity index (χ4n) is 1.52. The molecule has 1 aromatic carbocycles. The van der Waals surface area contributed by atoms with Gasteiger partial charge in [-0.25, -0.2) is 4.68 Å². The van der Waals surface area contributed by atoms with Gasteiger partial charge in [-0.15, -0.1) is 0 Å². The van der Waals surface area contributed by atoms with Crippen LogP contribution in [0.25, 0.3) is 11.3 Å². The molecule has 0 aliphatic heterocycles. The second-order valence-electron chi connectivity index (χ2n) is 3.59. The first-order valence-corrected chi connectivity index (χ1v) is 5.40. The molecule has 0 radical (unpaired) electrons. The van der Waals surface area contributed by atoms with Crippen molar-refractivity contribution in [2.45, 2.75) is 6.61 Å². The SMILES string of the molecule is Cn1nc(-c2ccc(N)cc2)c(Cl)c1OC(F)F. The second kappa shape index (κ2) is 4.81. The maximum atomic E-state index is 12.2. The predicted molar refractivity (Wildman–Crippen MR) is 64.7 cm³/mol. The lowest BCUT2D eigenvalue weighted by Gasteiger charge is -2.03. The molecule has 0 aliphatic rings. The second-order valence-corrected chi connectivity index (χ2v) is 3.97. The van der Waals surface area contributed by atoms with E-state index in [1.54, 1.807) is 24.3 Å². The van der Waals surface area contributed by atoms with Crippen molar-refractivity contribution in [1.82, 2.24) is 9.78 Å². The number of anilines is 1. The molecule has 0 amide bonds. The number of hydrogen-bond acceptors (Lipinski definition) is 3. The molecule has 4 nitrogen and oxygen atoms in total. The zero-order chi connectivity index (χ0) is 13.3. The first-order valence-electron chi connectivity index (χ1n) is 5.02. The lowest BCUT2D eigenvalue weighted by atomic mass is 10.1. The predicted octanol–water partition coefficient (Wildman–Crippen LogP) is 2.92. The fraction of sp³-hybridized carbons (Fsp3) is 0.182. The highest BCUT2D eigenvalue weighted by Crippen LogP contribution is 2.35. The number of rotatable bonds is 3. The van der Waals surface area contributed by atoms with E-state index in [9.17, 15) is 8.78 Å². The molecule has 0 spiro atoms. The molecule has 1 heterocycles. The summed E-state index contributed by atoms with van der Waals surface area (Å²) in [5.41, 5.74) is 7.20. The van der Waals surface area contributed by atoms with Crippen LogP contribution in [-0.4, -0.2) is 16.4 Å². The normalized spacial score (nSPS) is 10.9. The summed E-state index contributed by atoms with van der Waals surface area (Å²) in [7, 11) is 1.48. The molecular weight excluding hydrogens is 264 g/mol. The van der Waals surface area contributed by atoms with Crippen LogP contribution in [0.3, 0.4) is 0 Å². The number of alkyl halides is 2. The van der Waals surface area contributed by atoms with Crippen LogP contribution >= 0.6 is 11.6 Å². The Kier molecular flexibility index (Phi) is 3.38. The minimum Gasteiger partial charge on any atom is -0.416 e. The average molecular weight is 274 g/mol. The summed E-state index contributed by atoms with van der Waals surface area (Å²) in [6.45, 7) is -2.95. The smallest absolute Gasteiger partial charge is 0.388 e. The molecule has 0 atom stereocenters. The van der Waals surface area contributed by atoms with E-state index in [1.165, 1.54) is 11.7 Å². The largest absolute Gasteiger partial charge is 0.416 e. The van der Waals surface area contributed by atoms with Crippen molar-refractivity contribution in [2.24, 2.45) is 7.05 Å². The summed E-state index contributed by atoms with van der Waals surface area (Å²) >= 11 is 5.98. The molecule has 96 valence electrons. The van der Waals surface area contributed by atoms with E-state index in [2.05, 4.69) is 9.84 Å². The van der Waals surface area contributed by atoms with E-state index >= 15 is 0 Å².